The van der Waals surface area contributed by atoms with Gasteiger partial charge in [0.25, 0.3) is 0 Å². The maximum absolute atomic E-state index is 11.7. The summed E-state index contributed by atoms with van der Waals surface area (Å²) in [5, 5.41) is 3.35. The molecule has 2 fully saturated rings. The van der Waals surface area contributed by atoms with E-state index < -0.39 is 0 Å². The Hall–Kier alpha value is -1.43. The Labute approximate surface area is 131 Å². The standard InChI is InChI=1S/C17H25N3O2/c18-17(21)16-2-1-14(13-3-9-22-10-4-13)11-15(16)12-20-7-5-19-6-8-20/h1-2,11,13,19H,3-10,12H2,(H2,18,21). The van der Waals surface area contributed by atoms with Crippen LogP contribution in [0.5, 0.6) is 0 Å². The number of benzene rings is 1. The minimum Gasteiger partial charge on any atom is -0.381 e. The Bertz CT molecular complexity index is 521. The average Bonchev–Trinajstić information content (AvgIpc) is 2.56. The smallest absolute Gasteiger partial charge is 0.249 e. The van der Waals surface area contributed by atoms with Crippen LogP contribution < -0.4 is 11.1 Å². The summed E-state index contributed by atoms with van der Waals surface area (Å²) in [7, 11) is 0. The van der Waals surface area contributed by atoms with E-state index in [2.05, 4.69) is 22.3 Å². The van der Waals surface area contributed by atoms with Gasteiger partial charge >= 0.3 is 0 Å². The zero-order valence-electron chi connectivity index (χ0n) is 13.0. The van der Waals surface area contributed by atoms with Gasteiger partial charge in [-0.2, -0.15) is 0 Å². The molecular weight excluding hydrogens is 278 g/mol. The number of carbonyl (C=O) groups excluding carboxylic acids is 1. The predicted octanol–water partition coefficient (Wildman–Crippen LogP) is 1.08. The van der Waals surface area contributed by atoms with Crippen molar-refractivity contribution in [3.63, 3.8) is 0 Å². The average molecular weight is 303 g/mol. The first kappa shape index (κ1) is 15.5. The number of carbonyl (C=O) groups is 1. The first-order chi connectivity index (χ1) is 10.7. The molecule has 0 spiro atoms. The van der Waals surface area contributed by atoms with E-state index in [-0.39, 0.29) is 5.91 Å². The molecule has 0 aliphatic carbocycles. The van der Waals surface area contributed by atoms with Crippen molar-refractivity contribution >= 4 is 5.91 Å². The number of piperazine rings is 1. The second-order valence-electron chi connectivity index (χ2n) is 6.19. The van der Waals surface area contributed by atoms with E-state index in [4.69, 9.17) is 10.5 Å². The van der Waals surface area contributed by atoms with E-state index in [1.165, 1.54) is 5.56 Å². The van der Waals surface area contributed by atoms with E-state index in [1.54, 1.807) is 0 Å². The highest BCUT2D eigenvalue weighted by Gasteiger charge is 2.19. The molecule has 2 aliphatic rings. The molecule has 0 unspecified atom stereocenters. The van der Waals surface area contributed by atoms with Gasteiger partial charge in [-0.1, -0.05) is 12.1 Å². The fourth-order valence-electron chi connectivity index (χ4n) is 3.38. The van der Waals surface area contributed by atoms with Crippen LogP contribution in [0.3, 0.4) is 0 Å². The molecule has 22 heavy (non-hydrogen) atoms. The lowest BCUT2D eigenvalue weighted by molar-refractivity contribution is 0.0852. The van der Waals surface area contributed by atoms with Gasteiger partial charge in [0.15, 0.2) is 0 Å². The number of nitrogens with zero attached hydrogens (tertiary/aromatic N) is 1. The monoisotopic (exact) mass is 303 g/mol. The number of rotatable bonds is 4. The normalized spacial score (nSPS) is 20.9. The third-order valence-corrected chi connectivity index (χ3v) is 4.69. The van der Waals surface area contributed by atoms with Crippen LogP contribution in [0.15, 0.2) is 18.2 Å². The number of nitrogens with two attached hydrogens (primary N) is 1. The van der Waals surface area contributed by atoms with Crippen LogP contribution in [0.2, 0.25) is 0 Å². The summed E-state index contributed by atoms with van der Waals surface area (Å²) in [5.41, 5.74) is 8.61. The van der Waals surface area contributed by atoms with E-state index in [0.29, 0.717) is 11.5 Å². The number of ether oxygens (including phenoxy) is 1. The Kier molecular flexibility index (Phi) is 5.08. The molecule has 2 heterocycles. The summed E-state index contributed by atoms with van der Waals surface area (Å²) in [5.74, 6) is 0.209. The predicted molar refractivity (Wildman–Crippen MR) is 85.9 cm³/mol. The van der Waals surface area contributed by atoms with E-state index in [1.807, 2.05) is 6.07 Å². The molecule has 5 heteroatoms. The lowest BCUT2D eigenvalue weighted by Gasteiger charge is -2.28. The first-order valence-electron chi connectivity index (χ1n) is 8.17. The minimum atomic E-state index is -0.330. The van der Waals surface area contributed by atoms with Crippen molar-refractivity contribution in [2.24, 2.45) is 5.73 Å². The quantitative estimate of drug-likeness (QED) is 0.873. The molecule has 1 aromatic carbocycles. The Morgan fingerprint density at radius 2 is 2.00 bits per heavy atom. The molecule has 2 aliphatic heterocycles. The molecule has 1 amide bonds. The molecule has 5 nitrogen and oxygen atoms in total. The number of hydrogen-bond acceptors (Lipinski definition) is 4. The Balaban J connectivity index is 1.81. The third kappa shape index (κ3) is 3.66. The summed E-state index contributed by atoms with van der Waals surface area (Å²) in [6.45, 7) is 6.50. The molecule has 0 saturated carbocycles. The van der Waals surface area contributed by atoms with Gasteiger partial charge in [0.2, 0.25) is 5.91 Å². The van der Waals surface area contributed by atoms with Crippen LogP contribution in [0, 0.1) is 0 Å². The van der Waals surface area contributed by atoms with Gasteiger partial charge in [-0.3, -0.25) is 9.69 Å². The van der Waals surface area contributed by atoms with Gasteiger partial charge in [0.1, 0.15) is 0 Å². The maximum Gasteiger partial charge on any atom is 0.249 e. The van der Waals surface area contributed by atoms with Crippen LogP contribution in [-0.2, 0) is 11.3 Å². The van der Waals surface area contributed by atoms with Gasteiger partial charge in [-0.15, -0.1) is 0 Å². The molecule has 0 bridgehead atoms. The number of primary amides is 1. The lowest BCUT2D eigenvalue weighted by atomic mass is 9.89. The van der Waals surface area contributed by atoms with Gasteiger partial charge in [-0.25, -0.2) is 0 Å². The van der Waals surface area contributed by atoms with Crippen molar-refractivity contribution < 1.29 is 9.53 Å². The fourth-order valence-corrected chi connectivity index (χ4v) is 3.38. The van der Waals surface area contributed by atoms with Crippen molar-refractivity contribution in [2.45, 2.75) is 25.3 Å². The maximum atomic E-state index is 11.7. The highest BCUT2D eigenvalue weighted by atomic mass is 16.5. The number of hydrogen-bond donors (Lipinski definition) is 2. The molecule has 0 atom stereocenters. The second kappa shape index (κ2) is 7.22. The highest BCUT2D eigenvalue weighted by molar-refractivity contribution is 5.94. The van der Waals surface area contributed by atoms with Gasteiger partial charge in [-0.05, 0) is 36.0 Å². The molecule has 3 rings (SSSR count). The van der Waals surface area contributed by atoms with E-state index in [9.17, 15) is 4.79 Å². The van der Waals surface area contributed by atoms with Crippen molar-refractivity contribution in [2.75, 3.05) is 39.4 Å². The van der Waals surface area contributed by atoms with E-state index in [0.717, 1.165) is 64.3 Å². The number of amides is 1. The minimum absolute atomic E-state index is 0.330. The molecule has 0 radical (unpaired) electrons. The Morgan fingerprint density at radius 1 is 1.27 bits per heavy atom. The molecule has 120 valence electrons. The number of nitrogens with one attached hydrogen (secondary N) is 1. The van der Waals surface area contributed by atoms with Crippen molar-refractivity contribution in [1.82, 2.24) is 10.2 Å². The zero-order valence-corrected chi connectivity index (χ0v) is 13.0. The largest absolute Gasteiger partial charge is 0.381 e. The molecule has 2 saturated heterocycles. The van der Waals surface area contributed by atoms with Crippen molar-refractivity contribution in [1.29, 1.82) is 0 Å². The summed E-state index contributed by atoms with van der Waals surface area (Å²) in [6.07, 6.45) is 2.12. The summed E-state index contributed by atoms with van der Waals surface area (Å²) >= 11 is 0. The summed E-state index contributed by atoms with van der Waals surface area (Å²) < 4.78 is 5.45. The fraction of sp³-hybridized carbons (Fsp3) is 0.588. The Morgan fingerprint density at radius 3 is 2.68 bits per heavy atom. The second-order valence-corrected chi connectivity index (χ2v) is 6.19. The molecule has 0 aromatic heterocycles. The van der Waals surface area contributed by atoms with Crippen LogP contribution in [0.4, 0.5) is 0 Å². The van der Waals surface area contributed by atoms with Crippen molar-refractivity contribution in [3.05, 3.63) is 34.9 Å². The topological polar surface area (TPSA) is 67.6 Å². The molecule has 1 aromatic rings. The lowest BCUT2D eigenvalue weighted by Crippen LogP contribution is -2.43. The first-order valence-corrected chi connectivity index (χ1v) is 8.17. The zero-order chi connectivity index (χ0) is 15.4. The van der Waals surface area contributed by atoms with Gasteiger partial charge < -0.3 is 15.8 Å². The van der Waals surface area contributed by atoms with Crippen molar-refractivity contribution in [3.8, 4) is 0 Å². The van der Waals surface area contributed by atoms with Crippen LogP contribution >= 0.6 is 0 Å². The summed E-state index contributed by atoms with van der Waals surface area (Å²) in [6, 6.07) is 6.17. The highest BCUT2D eigenvalue weighted by Crippen LogP contribution is 2.28. The molecular formula is C17H25N3O2. The van der Waals surface area contributed by atoms with Gasteiger partial charge in [0, 0.05) is 51.5 Å². The summed E-state index contributed by atoms with van der Waals surface area (Å²) in [4.78, 5) is 14.1. The van der Waals surface area contributed by atoms with Crippen LogP contribution in [0.1, 0.15) is 40.2 Å². The van der Waals surface area contributed by atoms with E-state index >= 15 is 0 Å². The SMILES string of the molecule is NC(=O)c1ccc(C2CCOCC2)cc1CN1CCNCC1. The van der Waals surface area contributed by atoms with Crippen LogP contribution in [-0.4, -0.2) is 50.2 Å². The van der Waals surface area contributed by atoms with Gasteiger partial charge in [0.05, 0.1) is 0 Å². The molecule has 3 N–H and O–H groups in total. The van der Waals surface area contributed by atoms with Crippen LogP contribution in [0.25, 0.3) is 0 Å². The third-order valence-electron chi connectivity index (χ3n) is 4.69.